The molecule has 0 rings (SSSR count). The zero-order valence-electron chi connectivity index (χ0n) is 10.5. The normalized spacial score (nSPS) is 2.70. The number of rotatable bonds is 0. The van der Waals surface area contributed by atoms with E-state index in [0.29, 0.717) is 0 Å². The molecule has 0 amide bonds. The van der Waals surface area contributed by atoms with E-state index >= 15 is 0 Å². The van der Waals surface area contributed by atoms with Gasteiger partial charge in [0, 0.05) is 0 Å². The zero-order valence-corrected chi connectivity index (χ0v) is 11.1. The quantitative estimate of drug-likeness (QED) is 0.287. The van der Waals surface area contributed by atoms with E-state index in [2.05, 4.69) is 0 Å². The fourth-order valence-electron chi connectivity index (χ4n) is 0. The van der Waals surface area contributed by atoms with Crippen LogP contribution in [0.25, 0.3) is 0 Å². The van der Waals surface area contributed by atoms with E-state index in [1.165, 1.54) is 0 Å². The first-order valence-corrected chi connectivity index (χ1v) is 1.96. The predicted octanol–water partition coefficient (Wildman–Crippen LogP) is -9.49. The molecule has 0 unspecified atom stereocenters. The van der Waals surface area contributed by atoms with Crippen LogP contribution >= 0.6 is 0 Å². The third-order valence-electron chi connectivity index (χ3n) is 0. The van der Waals surface area contributed by atoms with Crippen molar-refractivity contribution in [2.45, 2.75) is 0 Å². The molecule has 0 aliphatic carbocycles. The van der Waals surface area contributed by atoms with Crippen molar-refractivity contribution in [1.82, 2.24) is 0 Å². The second kappa shape index (κ2) is 37.5. The van der Waals surface area contributed by atoms with Crippen molar-refractivity contribution in [3.63, 3.8) is 0 Å². The van der Waals surface area contributed by atoms with Crippen LogP contribution in [-0.4, -0.2) is 108 Å². The molecule has 0 aromatic rings. The number of hydrogen-bond donors (Lipinski definition) is 0. The van der Waals surface area contributed by atoms with Gasteiger partial charge in [0.1, 0.15) is 0 Å². The Morgan fingerprint density at radius 3 is 0.900 bits per heavy atom. The standard InChI is InChI=1S/2Al.2Ca.4FH.2Li.8H/h;;;;4*1H;;;;;;;;;;/q;+3;2*+2;;;;;2*+1;;;;5*-1/p-4. The van der Waals surface area contributed by atoms with Crippen LogP contribution in [0.3, 0.4) is 0 Å². The number of hydrogen-bond acceptors (Lipinski definition) is 0. The summed E-state index contributed by atoms with van der Waals surface area (Å²) in [4.78, 5) is 0. The van der Waals surface area contributed by atoms with Crippen molar-refractivity contribution in [2.24, 2.45) is 0 Å². The maximum absolute atomic E-state index is 9.81. The number of halogens is 4. The smallest absolute Gasteiger partial charge is 1.00 e. The monoisotopic (exact) mass is 232 g/mol. The molecule has 0 saturated carbocycles. The molecule has 0 aromatic heterocycles. The summed E-state index contributed by atoms with van der Waals surface area (Å²) >= 11 is -4.64. The minimum atomic E-state index is -4.64. The van der Waals surface area contributed by atoms with Gasteiger partial charge in [-0.15, -0.1) is 0 Å². The molecule has 0 fully saturated rings. The first kappa shape index (κ1) is 47.0. The van der Waals surface area contributed by atoms with Gasteiger partial charge in [-0.3, -0.25) is 0 Å². The van der Waals surface area contributed by atoms with Gasteiger partial charge in [-0.25, -0.2) is 0 Å². The van der Waals surface area contributed by atoms with Crippen LogP contribution in [0.5, 0.6) is 0 Å². The molecule has 10 heteroatoms. The van der Waals surface area contributed by atoms with Crippen molar-refractivity contribution in [3.05, 3.63) is 0 Å². The van der Waals surface area contributed by atoms with Gasteiger partial charge in [-0.1, -0.05) is 0 Å². The van der Waals surface area contributed by atoms with Gasteiger partial charge in [0.05, 0.1) is 0 Å². The van der Waals surface area contributed by atoms with Crippen LogP contribution in [0.2, 0.25) is 0 Å². The van der Waals surface area contributed by atoms with Crippen LogP contribution in [0.15, 0.2) is 0 Å². The molecule has 0 nitrogen and oxygen atoms in total. The summed E-state index contributed by atoms with van der Waals surface area (Å²) in [5.41, 5.74) is 0. The van der Waals surface area contributed by atoms with Gasteiger partial charge < -0.3 is 22.4 Å². The summed E-state index contributed by atoms with van der Waals surface area (Å²) in [5.74, 6) is 0. The Kier molecular flexibility index (Phi) is 176. The van der Waals surface area contributed by atoms with E-state index in [4.69, 9.17) is 0 Å². The fourth-order valence-corrected chi connectivity index (χ4v) is 0. The summed E-state index contributed by atoms with van der Waals surface area (Å²) in [6.07, 6.45) is 0. The average molecular weight is 232 g/mol. The van der Waals surface area contributed by atoms with Crippen molar-refractivity contribution >= 4 is 108 Å². The van der Waals surface area contributed by atoms with Crippen LogP contribution in [0.1, 0.15) is 7.13 Å². The van der Waals surface area contributed by atoms with E-state index < -0.39 is 15.5 Å². The van der Waals surface area contributed by atoms with Gasteiger partial charge in [0.15, 0.2) is 17.4 Å². The van der Waals surface area contributed by atoms with Gasteiger partial charge in [-0.05, 0) is 0 Å². The van der Waals surface area contributed by atoms with Crippen LogP contribution < -0.4 is 42.4 Å². The first-order valence-electron chi connectivity index (χ1n) is 0.655. The second-order valence-electron chi connectivity index (χ2n) is 0.247. The molecular formula is H8Al2Ca2F4Li2. The van der Waals surface area contributed by atoms with Crippen molar-refractivity contribution in [2.75, 3.05) is 0 Å². The SMILES string of the molecule is [AlH3].[Ca+2].[Ca+2].[F-].[F][Al]([F])[F].[H-].[H-].[H-].[H-].[H-].[Li+].[Li+]. The Hall–Kier alpha value is 4.50. The largest absolute Gasteiger partial charge is 2.00 e. The summed E-state index contributed by atoms with van der Waals surface area (Å²) in [7, 11) is 0. The maximum Gasteiger partial charge on any atom is 2.00 e. The maximum atomic E-state index is 9.81. The first-order chi connectivity index (χ1) is 1.73. The molecule has 0 radical (unpaired) electrons. The minimum Gasteiger partial charge on any atom is -1.00 e. The Morgan fingerprint density at radius 1 is 0.900 bits per heavy atom. The Morgan fingerprint density at radius 2 is 0.900 bits per heavy atom. The molecule has 0 heterocycles. The van der Waals surface area contributed by atoms with E-state index in [-0.39, 0.29) is 142 Å². The van der Waals surface area contributed by atoms with Crippen LogP contribution in [0.4, 0.5) is 10.6 Å². The van der Waals surface area contributed by atoms with Gasteiger partial charge in [0.25, 0.3) is 0 Å². The topological polar surface area (TPSA) is 0 Å². The molecule has 10 heavy (non-hydrogen) atoms. The summed E-state index contributed by atoms with van der Waals surface area (Å²) in [5, 5.41) is 0. The molecule has 0 bridgehead atoms. The van der Waals surface area contributed by atoms with E-state index in [0.717, 1.165) is 0 Å². The van der Waals surface area contributed by atoms with Gasteiger partial charge in [0.2, 0.25) is 0 Å². The van der Waals surface area contributed by atoms with E-state index in [9.17, 15) is 10.6 Å². The van der Waals surface area contributed by atoms with Gasteiger partial charge >= 0.3 is 129 Å². The molecule has 48 valence electrons. The molecule has 0 N–H and O–H groups in total. The minimum absolute atomic E-state index is 0. The van der Waals surface area contributed by atoms with Crippen molar-refractivity contribution in [1.29, 1.82) is 0 Å². The van der Waals surface area contributed by atoms with Crippen LogP contribution in [-0.2, 0) is 0 Å². The molecule has 0 aliphatic heterocycles. The summed E-state index contributed by atoms with van der Waals surface area (Å²) in [6, 6.07) is 0. The summed E-state index contributed by atoms with van der Waals surface area (Å²) < 4.78 is 29.4. The molecule has 0 spiro atoms. The molecule has 0 saturated heterocycles. The zero-order chi connectivity index (χ0) is 3.58. The molecular weight excluding hydrogens is 224 g/mol. The van der Waals surface area contributed by atoms with Crippen molar-refractivity contribution < 1.29 is 60.1 Å². The Balaban J connectivity index is -0.000000000818. The Labute approximate surface area is 165 Å². The Bertz CT molecular complexity index is 37.7. The van der Waals surface area contributed by atoms with Gasteiger partial charge in [-0.2, -0.15) is 0 Å². The third-order valence-corrected chi connectivity index (χ3v) is 0. The summed E-state index contributed by atoms with van der Waals surface area (Å²) in [6.45, 7) is 0. The van der Waals surface area contributed by atoms with E-state index in [1.54, 1.807) is 0 Å². The molecule has 0 atom stereocenters. The third kappa shape index (κ3) is 81.6. The second-order valence-corrected chi connectivity index (χ2v) is 0.742. The average Bonchev–Trinajstić information content (AvgIpc) is 0.811. The fraction of sp³-hybridized carbons (Fsp3) is 0. The molecule has 0 aliphatic rings. The van der Waals surface area contributed by atoms with Crippen LogP contribution in [0, 0.1) is 0 Å². The molecule has 0 aromatic carbocycles. The predicted molar refractivity (Wildman–Crippen MR) is 36.1 cm³/mol. The van der Waals surface area contributed by atoms with E-state index in [1.807, 2.05) is 0 Å². The van der Waals surface area contributed by atoms with Crippen molar-refractivity contribution in [3.8, 4) is 0 Å².